The molecule has 9 heteroatoms. The highest BCUT2D eigenvalue weighted by Crippen LogP contribution is 2.34. The third-order valence-electron chi connectivity index (χ3n) is 5.29. The lowest BCUT2D eigenvalue weighted by Crippen LogP contribution is -2.45. The van der Waals surface area contributed by atoms with Crippen molar-refractivity contribution in [2.75, 3.05) is 13.7 Å². The fraction of sp³-hybridized carbons (Fsp3) is 0.500. The summed E-state index contributed by atoms with van der Waals surface area (Å²) in [6.45, 7) is 1.19. The van der Waals surface area contributed by atoms with Crippen molar-refractivity contribution in [3.8, 4) is 5.75 Å². The summed E-state index contributed by atoms with van der Waals surface area (Å²) in [7, 11) is 1.57. The van der Waals surface area contributed by atoms with E-state index in [4.69, 9.17) is 9.47 Å². The fourth-order valence-corrected chi connectivity index (χ4v) is 3.63. The Morgan fingerprint density at radius 3 is 2.48 bits per heavy atom. The first-order chi connectivity index (χ1) is 13.8. The molecular formula is C20H25N3O6. The SMILES string of the molecule is COc1ccc(CNC(=O)[C@H](C)OC(=O)CN2C(=O)NC3(CCCC3)C2=O)cc1. The Labute approximate surface area is 168 Å². The van der Waals surface area contributed by atoms with Crippen LogP contribution >= 0.6 is 0 Å². The van der Waals surface area contributed by atoms with Gasteiger partial charge in [-0.1, -0.05) is 25.0 Å². The molecule has 0 radical (unpaired) electrons. The molecular weight excluding hydrogens is 378 g/mol. The van der Waals surface area contributed by atoms with Crippen molar-refractivity contribution < 1.29 is 28.7 Å². The first kappa shape index (κ1) is 20.6. The van der Waals surface area contributed by atoms with Crippen molar-refractivity contribution in [3.05, 3.63) is 29.8 Å². The number of urea groups is 1. The predicted octanol–water partition coefficient (Wildman–Crippen LogP) is 1.11. The number of esters is 1. The number of methoxy groups -OCH3 is 1. The van der Waals surface area contributed by atoms with Gasteiger partial charge in [0.2, 0.25) is 0 Å². The van der Waals surface area contributed by atoms with E-state index in [0.717, 1.165) is 23.3 Å². The Morgan fingerprint density at radius 1 is 1.21 bits per heavy atom. The molecule has 29 heavy (non-hydrogen) atoms. The molecule has 4 amide bonds. The van der Waals surface area contributed by atoms with Crippen molar-refractivity contribution in [1.29, 1.82) is 0 Å². The summed E-state index contributed by atoms with van der Waals surface area (Å²) in [5.74, 6) is -0.968. The molecule has 1 aliphatic heterocycles. The topological polar surface area (TPSA) is 114 Å². The Hall–Kier alpha value is -3.10. The summed E-state index contributed by atoms with van der Waals surface area (Å²) < 4.78 is 10.2. The van der Waals surface area contributed by atoms with Gasteiger partial charge in [-0.05, 0) is 37.5 Å². The molecule has 1 saturated heterocycles. The fourth-order valence-electron chi connectivity index (χ4n) is 3.63. The van der Waals surface area contributed by atoms with E-state index in [1.165, 1.54) is 6.92 Å². The second-order valence-electron chi connectivity index (χ2n) is 7.31. The summed E-state index contributed by atoms with van der Waals surface area (Å²) in [5, 5.41) is 5.37. The van der Waals surface area contributed by atoms with E-state index in [9.17, 15) is 19.2 Å². The van der Waals surface area contributed by atoms with E-state index in [1.807, 2.05) is 12.1 Å². The van der Waals surface area contributed by atoms with Crippen LogP contribution < -0.4 is 15.4 Å². The van der Waals surface area contributed by atoms with E-state index in [2.05, 4.69) is 10.6 Å². The summed E-state index contributed by atoms with van der Waals surface area (Å²) in [6.07, 6.45) is 1.81. The lowest BCUT2D eigenvalue weighted by atomic mass is 9.98. The number of hydrogen-bond donors (Lipinski definition) is 2. The van der Waals surface area contributed by atoms with Crippen molar-refractivity contribution in [3.63, 3.8) is 0 Å². The van der Waals surface area contributed by atoms with Crippen molar-refractivity contribution >= 4 is 23.8 Å². The predicted molar refractivity (Wildman–Crippen MR) is 102 cm³/mol. The number of nitrogens with one attached hydrogen (secondary N) is 2. The van der Waals surface area contributed by atoms with Crippen molar-refractivity contribution in [2.24, 2.45) is 0 Å². The number of benzene rings is 1. The second kappa shape index (κ2) is 8.50. The van der Waals surface area contributed by atoms with Crippen LogP contribution in [0.3, 0.4) is 0 Å². The van der Waals surface area contributed by atoms with Crippen LogP contribution in [-0.4, -0.2) is 54.0 Å². The van der Waals surface area contributed by atoms with Gasteiger partial charge in [0.1, 0.15) is 17.8 Å². The molecule has 1 aromatic rings. The number of rotatable bonds is 7. The number of carbonyl (C=O) groups is 4. The minimum Gasteiger partial charge on any atom is -0.497 e. The minimum atomic E-state index is -1.05. The molecule has 1 atom stereocenters. The van der Waals surface area contributed by atoms with Gasteiger partial charge < -0.3 is 20.1 Å². The largest absolute Gasteiger partial charge is 0.497 e. The Morgan fingerprint density at radius 2 is 1.86 bits per heavy atom. The van der Waals surface area contributed by atoms with Gasteiger partial charge in [-0.25, -0.2) is 4.79 Å². The molecule has 1 spiro atoms. The number of amides is 4. The summed E-state index contributed by atoms with van der Waals surface area (Å²) in [5.41, 5.74) is -0.0162. The molecule has 3 rings (SSSR count). The van der Waals surface area contributed by atoms with Crippen LogP contribution in [0.5, 0.6) is 5.75 Å². The van der Waals surface area contributed by atoms with Crippen LogP contribution in [0.4, 0.5) is 4.79 Å². The highest BCUT2D eigenvalue weighted by atomic mass is 16.5. The zero-order valence-corrected chi connectivity index (χ0v) is 16.5. The number of nitrogens with zero attached hydrogens (tertiary/aromatic N) is 1. The van der Waals surface area contributed by atoms with Crippen molar-refractivity contribution in [2.45, 2.75) is 50.8 Å². The van der Waals surface area contributed by atoms with Gasteiger partial charge in [-0.2, -0.15) is 0 Å². The number of imide groups is 1. The van der Waals surface area contributed by atoms with Crippen LogP contribution in [0.15, 0.2) is 24.3 Å². The lowest BCUT2D eigenvalue weighted by molar-refractivity contribution is -0.156. The molecule has 0 unspecified atom stereocenters. The third-order valence-corrected chi connectivity index (χ3v) is 5.29. The molecule has 2 aliphatic rings. The van der Waals surface area contributed by atoms with E-state index < -0.39 is 42.0 Å². The maximum atomic E-state index is 12.5. The Balaban J connectivity index is 1.47. The van der Waals surface area contributed by atoms with Gasteiger partial charge in [0.15, 0.2) is 6.10 Å². The zero-order chi connectivity index (χ0) is 21.0. The maximum Gasteiger partial charge on any atom is 0.327 e. The lowest BCUT2D eigenvalue weighted by Gasteiger charge is -2.20. The van der Waals surface area contributed by atoms with E-state index in [-0.39, 0.29) is 6.54 Å². The Bertz CT molecular complexity index is 801. The standard InChI is InChI=1S/C20H25N3O6/c1-13(17(25)21-11-14-5-7-15(28-2)8-6-14)29-16(24)12-23-18(26)20(22-19(23)27)9-3-4-10-20/h5-8,13H,3-4,9-12H2,1-2H3,(H,21,25)(H,22,27)/t13-/m0/s1. The normalized spacial score (nSPS) is 18.5. The van der Waals surface area contributed by atoms with E-state index in [1.54, 1.807) is 19.2 Å². The van der Waals surface area contributed by atoms with E-state index in [0.29, 0.717) is 18.6 Å². The zero-order valence-electron chi connectivity index (χ0n) is 16.5. The quantitative estimate of drug-likeness (QED) is 0.521. The average molecular weight is 403 g/mol. The number of ether oxygens (including phenoxy) is 2. The molecule has 156 valence electrons. The van der Waals surface area contributed by atoms with Crippen LogP contribution in [0, 0.1) is 0 Å². The number of hydrogen-bond acceptors (Lipinski definition) is 6. The molecule has 1 aliphatic carbocycles. The summed E-state index contributed by atoms with van der Waals surface area (Å²) in [6, 6.07) is 6.59. The molecule has 2 N–H and O–H groups in total. The monoisotopic (exact) mass is 403 g/mol. The van der Waals surface area contributed by atoms with Crippen molar-refractivity contribution in [1.82, 2.24) is 15.5 Å². The molecule has 1 aromatic carbocycles. The summed E-state index contributed by atoms with van der Waals surface area (Å²) in [4.78, 5) is 49.9. The first-order valence-electron chi connectivity index (χ1n) is 9.59. The van der Waals surface area contributed by atoms with Gasteiger partial charge >= 0.3 is 12.0 Å². The van der Waals surface area contributed by atoms with Gasteiger partial charge in [0, 0.05) is 6.54 Å². The highest BCUT2D eigenvalue weighted by Gasteiger charge is 2.52. The third kappa shape index (κ3) is 4.49. The highest BCUT2D eigenvalue weighted by molar-refractivity contribution is 6.08. The molecule has 0 aromatic heterocycles. The first-order valence-corrected chi connectivity index (χ1v) is 9.59. The van der Waals surface area contributed by atoms with Crippen LogP contribution in [0.25, 0.3) is 0 Å². The maximum absolute atomic E-state index is 12.5. The second-order valence-corrected chi connectivity index (χ2v) is 7.31. The number of carbonyl (C=O) groups excluding carboxylic acids is 4. The molecule has 1 saturated carbocycles. The smallest absolute Gasteiger partial charge is 0.327 e. The van der Waals surface area contributed by atoms with Crippen LogP contribution in [0.2, 0.25) is 0 Å². The van der Waals surface area contributed by atoms with Crippen LogP contribution in [-0.2, 0) is 25.7 Å². The summed E-state index contributed by atoms with van der Waals surface area (Å²) >= 11 is 0. The minimum absolute atomic E-state index is 0.264. The van der Waals surface area contributed by atoms with Gasteiger partial charge in [-0.15, -0.1) is 0 Å². The Kier molecular flexibility index (Phi) is 6.05. The van der Waals surface area contributed by atoms with Gasteiger partial charge in [0.25, 0.3) is 11.8 Å². The molecule has 9 nitrogen and oxygen atoms in total. The van der Waals surface area contributed by atoms with Gasteiger partial charge in [-0.3, -0.25) is 19.3 Å². The van der Waals surface area contributed by atoms with Gasteiger partial charge in [0.05, 0.1) is 7.11 Å². The van der Waals surface area contributed by atoms with Crippen LogP contribution in [0.1, 0.15) is 38.2 Å². The van der Waals surface area contributed by atoms with E-state index >= 15 is 0 Å². The average Bonchev–Trinajstić information content (AvgIpc) is 3.27. The molecule has 1 heterocycles. The molecule has 2 fully saturated rings. The molecule has 0 bridgehead atoms.